The molecule has 0 bridgehead atoms. The zero-order valence-electron chi connectivity index (χ0n) is 16.0. The maximum atomic E-state index is 12.8. The van der Waals surface area contributed by atoms with Gasteiger partial charge in [0.05, 0.1) is 20.0 Å². The first-order valence-corrected chi connectivity index (χ1v) is 9.37. The predicted octanol–water partition coefficient (Wildman–Crippen LogP) is 2.18. The van der Waals surface area contributed by atoms with Gasteiger partial charge in [0.2, 0.25) is 11.8 Å². The lowest BCUT2D eigenvalue weighted by Crippen LogP contribution is -2.38. The summed E-state index contributed by atoms with van der Waals surface area (Å²) in [5.41, 5.74) is 3.01. The van der Waals surface area contributed by atoms with Gasteiger partial charge in [0, 0.05) is 44.1 Å². The van der Waals surface area contributed by atoms with Crippen molar-refractivity contribution in [3.8, 4) is 5.75 Å². The second-order valence-corrected chi connectivity index (χ2v) is 7.00. The van der Waals surface area contributed by atoms with Gasteiger partial charge in [-0.1, -0.05) is 17.7 Å². The number of aryl methyl sites for hydroxylation is 1. The molecule has 0 spiro atoms. The summed E-state index contributed by atoms with van der Waals surface area (Å²) in [5.74, 6) is 0.940. The highest BCUT2D eigenvalue weighted by molar-refractivity contribution is 5.80. The van der Waals surface area contributed by atoms with Crippen molar-refractivity contribution >= 4 is 11.8 Å². The number of nitrogens with one attached hydrogen (secondary N) is 1. The monoisotopic (exact) mass is 369 g/mol. The number of ether oxygens (including phenoxy) is 1. The van der Waals surface area contributed by atoms with Gasteiger partial charge in [-0.15, -0.1) is 0 Å². The normalized spacial score (nSPS) is 14.7. The number of carbonyl (C=O) groups is 2. The third-order valence-electron chi connectivity index (χ3n) is 5.00. The Labute approximate surface area is 160 Å². The minimum absolute atomic E-state index is 0.0823. The van der Waals surface area contributed by atoms with Gasteiger partial charge in [0.25, 0.3) is 0 Å². The van der Waals surface area contributed by atoms with E-state index in [1.807, 2.05) is 53.4 Å². The molecule has 1 saturated heterocycles. The van der Waals surface area contributed by atoms with Crippen molar-refractivity contribution in [2.75, 3.05) is 33.3 Å². The van der Waals surface area contributed by atoms with Crippen LogP contribution in [0.2, 0.25) is 0 Å². The SMILES string of the molecule is COc1ccc(C)cc1CC(=O)N1CCCN(C(=O)Cc2cc[nH]c2)CC1. The van der Waals surface area contributed by atoms with Crippen LogP contribution in [0.25, 0.3) is 0 Å². The Morgan fingerprint density at radius 1 is 1.04 bits per heavy atom. The van der Waals surface area contributed by atoms with Gasteiger partial charge in [0.1, 0.15) is 5.75 Å². The number of aromatic nitrogens is 1. The molecule has 0 atom stereocenters. The molecule has 1 aromatic heterocycles. The molecule has 6 heteroatoms. The number of rotatable bonds is 5. The maximum Gasteiger partial charge on any atom is 0.227 e. The van der Waals surface area contributed by atoms with Crippen molar-refractivity contribution in [1.29, 1.82) is 0 Å². The molecule has 0 aliphatic carbocycles. The Hall–Kier alpha value is -2.76. The molecule has 1 aromatic carbocycles. The number of methoxy groups -OCH3 is 1. The molecular weight excluding hydrogens is 342 g/mol. The number of nitrogens with zero attached hydrogens (tertiary/aromatic N) is 2. The highest BCUT2D eigenvalue weighted by Crippen LogP contribution is 2.21. The summed E-state index contributed by atoms with van der Waals surface area (Å²) in [6.45, 7) is 4.54. The molecule has 0 saturated carbocycles. The second kappa shape index (κ2) is 8.75. The van der Waals surface area contributed by atoms with Crippen molar-refractivity contribution in [2.24, 2.45) is 0 Å². The van der Waals surface area contributed by atoms with Gasteiger partial charge < -0.3 is 19.5 Å². The Balaban J connectivity index is 1.58. The van der Waals surface area contributed by atoms with E-state index < -0.39 is 0 Å². The van der Waals surface area contributed by atoms with E-state index in [4.69, 9.17) is 4.74 Å². The van der Waals surface area contributed by atoms with Gasteiger partial charge in [-0.3, -0.25) is 9.59 Å². The van der Waals surface area contributed by atoms with E-state index >= 15 is 0 Å². The molecule has 1 aliphatic heterocycles. The lowest BCUT2D eigenvalue weighted by molar-refractivity contribution is -0.132. The first-order chi connectivity index (χ1) is 13.1. The first kappa shape index (κ1) is 19.0. The van der Waals surface area contributed by atoms with E-state index in [0.717, 1.165) is 28.9 Å². The van der Waals surface area contributed by atoms with Crippen LogP contribution < -0.4 is 4.74 Å². The third-order valence-corrected chi connectivity index (χ3v) is 5.00. The van der Waals surface area contributed by atoms with Crippen LogP contribution in [0.15, 0.2) is 36.7 Å². The number of amides is 2. The number of aromatic amines is 1. The standard InChI is InChI=1S/C21H27N3O3/c1-16-4-5-19(27-2)18(12-16)14-21(26)24-9-3-8-23(10-11-24)20(25)13-17-6-7-22-15-17/h4-7,12,15,22H,3,8-11,13-14H2,1-2H3. The Morgan fingerprint density at radius 3 is 2.37 bits per heavy atom. The van der Waals surface area contributed by atoms with Gasteiger partial charge in [-0.25, -0.2) is 0 Å². The van der Waals surface area contributed by atoms with Gasteiger partial charge >= 0.3 is 0 Å². The third kappa shape index (κ3) is 4.90. The number of benzene rings is 1. The highest BCUT2D eigenvalue weighted by atomic mass is 16.5. The van der Waals surface area contributed by atoms with Crippen molar-refractivity contribution in [3.05, 3.63) is 53.3 Å². The summed E-state index contributed by atoms with van der Waals surface area (Å²) >= 11 is 0. The average molecular weight is 369 g/mol. The largest absolute Gasteiger partial charge is 0.496 e. The van der Waals surface area contributed by atoms with Crippen LogP contribution in [0.3, 0.4) is 0 Å². The average Bonchev–Trinajstić information content (AvgIpc) is 3.02. The van der Waals surface area contributed by atoms with E-state index in [0.29, 0.717) is 39.0 Å². The van der Waals surface area contributed by atoms with Crippen LogP contribution in [-0.4, -0.2) is 59.9 Å². The molecule has 2 heterocycles. The fourth-order valence-electron chi connectivity index (χ4n) is 3.49. The predicted molar refractivity (Wildman–Crippen MR) is 104 cm³/mol. The van der Waals surface area contributed by atoms with E-state index in [9.17, 15) is 9.59 Å². The quantitative estimate of drug-likeness (QED) is 0.879. The first-order valence-electron chi connectivity index (χ1n) is 9.37. The van der Waals surface area contributed by atoms with Gasteiger partial charge in [0.15, 0.2) is 0 Å². The number of hydrogen-bond donors (Lipinski definition) is 1. The smallest absolute Gasteiger partial charge is 0.227 e. The molecule has 1 fully saturated rings. The Kier molecular flexibility index (Phi) is 6.16. The van der Waals surface area contributed by atoms with Crippen LogP contribution in [0.5, 0.6) is 5.75 Å². The molecule has 144 valence electrons. The summed E-state index contributed by atoms with van der Waals surface area (Å²) in [6.07, 6.45) is 5.20. The topological polar surface area (TPSA) is 65.6 Å². The van der Waals surface area contributed by atoms with E-state index in [1.165, 1.54) is 0 Å². The molecule has 0 radical (unpaired) electrons. The summed E-state index contributed by atoms with van der Waals surface area (Å²) in [6, 6.07) is 7.80. The lowest BCUT2D eigenvalue weighted by Gasteiger charge is -2.22. The lowest BCUT2D eigenvalue weighted by atomic mass is 10.1. The highest BCUT2D eigenvalue weighted by Gasteiger charge is 2.23. The number of H-pyrrole nitrogens is 1. The van der Waals surface area contributed by atoms with Crippen LogP contribution in [-0.2, 0) is 22.4 Å². The summed E-state index contributed by atoms with van der Waals surface area (Å²) in [7, 11) is 1.62. The molecule has 27 heavy (non-hydrogen) atoms. The Morgan fingerprint density at radius 2 is 1.74 bits per heavy atom. The van der Waals surface area contributed by atoms with E-state index in [-0.39, 0.29) is 11.8 Å². The molecular formula is C21H27N3O3. The van der Waals surface area contributed by atoms with Crippen LogP contribution in [0.1, 0.15) is 23.1 Å². The van der Waals surface area contributed by atoms with Crippen molar-refractivity contribution in [2.45, 2.75) is 26.2 Å². The summed E-state index contributed by atoms with van der Waals surface area (Å²) in [5, 5.41) is 0. The van der Waals surface area contributed by atoms with Crippen molar-refractivity contribution < 1.29 is 14.3 Å². The minimum Gasteiger partial charge on any atom is -0.496 e. The molecule has 6 nitrogen and oxygen atoms in total. The molecule has 1 aliphatic rings. The Bertz CT molecular complexity index is 786. The second-order valence-electron chi connectivity index (χ2n) is 7.00. The number of carbonyl (C=O) groups excluding carboxylic acids is 2. The van der Waals surface area contributed by atoms with Gasteiger partial charge in [-0.2, -0.15) is 0 Å². The van der Waals surface area contributed by atoms with Crippen LogP contribution in [0.4, 0.5) is 0 Å². The van der Waals surface area contributed by atoms with Crippen molar-refractivity contribution in [1.82, 2.24) is 14.8 Å². The zero-order chi connectivity index (χ0) is 19.2. The maximum absolute atomic E-state index is 12.8. The molecule has 2 amide bonds. The van der Waals surface area contributed by atoms with Crippen molar-refractivity contribution in [3.63, 3.8) is 0 Å². The van der Waals surface area contributed by atoms with Crippen LogP contribution in [0, 0.1) is 6.92 Å². The minimum atomic E-state index is 0.0823. The number of hydrogen-bond acceptors (Lipinski definition) is 3. The molecule has 0 unspecified atom stereocenters. The fraction of sp³-hybridized carbons (Fsp3) is 0.429. The van der Waals surface area contributed by atoms with Gasteiger partial charge in [-0.05, 0) is 31.0 Å². The fourth-order valence-corrected chi connectivity index (χ4v) is 3.49. The summed E-state index contributed by atoms with van der Waals surface area (Å²) in [4.78, 5) is 32.0. The van der Waals surface area contributed by atoms with Crippen LogP contribution >= 0.6 is 0 Å². The van der Waals surface area contributed by atoms with E-state index in [2.05, 4.69) is 4.98 Å². The molecule has 3 rings (SSSR count). The molecule has 2 aromatic rings. The van der Waals surface area contributed by atoms with E-state index in [1.54, 1.807) is 7.11 Å². The zero-order valence-corrected chi connectivity index (χ0v) is 16.0. The summed E-state index contributed by atoms with van der Waals surface area (Å²) < 4.78 is 5.39. The molecule has 1 N–H and O–H groups in total.